The second kappa shape index (κ2) is 3.83. The van der Waals surface area contributed by atoms with E-state index in [-0.39, 0.29) is 6.04 Å². The third kappa shape index (κ3) is 1.85. The number of nitrogen functional groups attached to an aromatic ring is 1. The first-order valence-electron chi connectivity index (χ1n) is 4.76. The molecule has 2 aromatic heterocycles. The molecule has 4 N–H and O–H groups in total. The SMILES string of the molecule is CC(N)Cc1nc(Br)c2c(N)cccn12. The van der Waals surface area contributed by atoms with Crippen LogP contribution in [0.2, 0.25) is 0 Å². The van der Waals surface area contributed by atoms with Crippen molar-refractivity contribution >= 4 is 27.1 Å². The van der Waals surface area contributed by atoms with E-state index < -0.39 is 0 Å². The smallest absolute Gasteiger partial charge is 0.134 e. The number of anilines is 1. The molecule has 0 aliphatic heterocycles. The lowest BCUT2D eigenvalue weighted by Gasteiger charge is -2.04. The summed E-state index contributed by atoms with van der Waals surface area (Å²) in [6, 6.07) is 3.85. The Morgan fingerprint density at radius 2 is 2.33 bits per heavy atom. The average molecular weight is 269 g/mol. The Hall–Kier alpha value is -1.07. The van der Waals surface area contributed by atoms with Crippen molar-refractivity contribution in [1.82, 2.24) is 9.38 Å². The van der Waals surface area contributed by atoms with Gasteiger partial charge < -0.3 is 15.9 Å². The van der Waals surface area contributed by atoms with E-state index in [4.69, 9.17) is 11.5 Å². The van der Waals surface area contributed by atoms with Gasteiger partial charge >= 0.3 is 0 Å². The van der Waals surface area contributed by atoms with Gasteiger partial charge in [0.15, 0.2) is 0 Å². The highest BCUT2D eigenvalue weighted by Crippen LogP contribution is 2.24. The van der Waals surface area contributed by atoms with Gasteiger partial charge in [-0.1, -0.05) is 0 Å². The van der Waals surface area contributed by atoms with Crippen LogP contribution >= 0.6 is 15.9 Å². The van der Waals surface area contributed by atoms with Gasteiger partial charge in [-0.2, -0.15) is 0 Å². The summed E-state index contributed by atoms with van der Waals surface area (Å²) in [5.41, 5.74) is 13.3. The molecule has 1 unspecified atom stereocenters. The molecular weight excluding hydrogens is 256 g/mol. The van der Waals surface area contributed by atoms with Crippen molar-refractivity contribution in [2.24, 2.45) is 5.73 Å². The largest absolute Gasteiger partial charge is 0.397 e. The number of aromatic nitrogens is 2. The first-order valence-corrected chi connectivity index (χ1v) is 5.55. The van der Waals surface area contributed by atoms with E-state index >= 15 is 0 Å². The highest BCUT2D eigenvalue weighted by molar-refractivity contribution is 9.10. The van der Waals surface area contributed by atoms with Crippen LogP contribution in [0.5, 0.6) is 0 Å². The topological polar surface area (TPSA) is 69.3 Å². The Kier molecular flexibility index (Phi) is 2.67. The molecule has 2 aromatic rings. The predicted octanol–water partition coefficient (Wildman–Crippen LogP) is 1.57. The normalized spacial score (nSPS) is 13.3. The molecule has 5 heteroatoms. The molecule has 0 amide bonds. The molecule has 0 aliphatic carbocycles. The van der Waals surface area contributed by atoms with Crippen molar-refractivity contribution in [3.05, 3.63) is 28.8 Å². The van der Waals surface area contributed by atoms with Crippen LogP contribution in [0, 0.1) is 0 Å². The second-order valence-corrected chi connectivity index (χ2v) is 4.43. The van der Waals surface area contributed by atoms with Gasteiger partial charge in [0, 0.05) is 18.7 Å². The molecule has 1 atom stereocenters. The molecule has 0 bridgehead atoms. The average Bonchev–Trinajstić information content (AvgIpc) is 2.44. The maximum Gasteiger partial charge on any atom is 0.134 e. The number of halogens is 1. The number of imidazole rings is 1. The first-order chi connectivity index (χ1) is 7.09. The van der Waals surface area contributed by atoms with Crippen LogP contribution in [0.1, 0.15) is 12.7 Å². The minimum Gasteiger partial charge on any atom is -0.397 e. The number of fused-ring (bicyclic) bond motifs is 1. The minimum absolute atomic E-state index is 0.0870. The van der Waals surface area contributed by atoms with Gasteiger partial charge in [0.05, 0.1) is 5.69 Å². The van der Waals surface area contributed by atoms with Crippen molar-refractivity contribution in [3.8, 4) is 0 Å². The summed E-state index contributed by atoms with van der Waals surface area (Å²) in [6.07, 6.45) is 2.68. The Bertz CT molecular complexity index is 489. The van der Waals surface area contributed by atoms with Gasteiger partial charge in [0.2, 0.25) is 0 Å². The Balaban J connectivity index is 2.63. The maximum absolute atomic E-state index is 5.88. The van der Waals surface area contributed by atoms with Crippen molar-refractivity contribution in [1.29, 1.82) is 0 Å². The molecule has 0 fully saturated rings. The third-order valence-electron chi connectivity index (χ3n) is 2.23. The van der Waals surface area contributed by atoms with Crippen LogP contribution in [-0.4, -0.2) is 15.4 Å². The monoisotopic (exact) mass is 268 g/mol. The first kappa shape index (κ1) is 10.4. The minimum atomic E-state index is 0.0870. The lowest BCUT2D eigenvalue weighted by atomic mass is 10.2. The molecule has 0 spiro atoms. The fourth-order valence-electron chi connectivity index (χ4n) is 1.61. The zero-order valence-electron chi connectivity index (χ0n) is 8.44. The van der Waals surface area contributed by atoms with Crippen LogP contribution in [0.25, 0.3) is 5.52 Å². The molecule has 15 heavy (non-hydrogen) atoms. The summed E-state index contributed by atoms with van der Waals surface area (Å²) in [6.45, 7) is 1.96. The molecule has 0 saturated carbocycles. The standard InChI is InChI=1S/C10H13BrN4/c1-6(12)5-8-14-10(11)9-7(13)3-2-4-15(8)9/h2-4,6H,5,12-13H2,1H3. The van der Waals surface area contributed by atoms with E-state index in [1.54, 1.807) is 0 Å². The maximum atomic E-state index is 5.88. The van der Waals surface area contributed by atoms with Gasteiger partial charge in [-0.25, -0.2) is 4.98 Å². The summed E-state index contributed by atoms with van der Waals surface area (Å²) >= 11 is 3.41. The number of nitrogens with zero attached hydrogens (tertiary/aromatic N) is 2. The van der Waals surface area contributed by atoms with Gasteiger partial charge in [-0.3, -0.25) is 0 Å². The number of hydrogen-bond acceptors (Lipinski definition) is 3. The summed E-state index contributed by atoms with van der Waals surface area (Å²) in [5.74, 6) is 0.930. The molecule has 0 aliphatic rings. The highest BCUT2D eigenvalue weighted by Gasteiger charge is 2.11. The summed E-state index contributed by atoms with van der Waals surface area (Å²) in [7, 11) is 0. The van der Waals surface area contributed by atoms with E-state index in [1.807, 2.05) is 29.7 Å². The molecule has 2 rings (SSSR count). The van der Waals surface area contributed by atoms with Crippen LogP contribution in [-0.2, 0) is 6.42 Å². The van der Waals surface area contributed by atoms with Gasteiger partial charge in [0.25, 0.3) is 0 Å². The Morgan fingerprint density at radius 1 is 1.60 bits per heavy atom. The zero-order valence-corrected chi connectivity index (χ0v) is 10.0. The molecule has 4 nitrogen and oxygen atoms in total. The quantitative estimate of drug-likeness (QED) is 0.869. The molecular formula is C10H13BrN4. The molecule has 0 saturated heterocycles. The number of nitrogens with two attached hydrogens (primary N) is 2. The Morgan fingerprint density at radius 3 is 3.00 bits per heavy atom. The van der Waals surface area contributed by atoms with Gasteiger partial charge in [-0.15, -0.1) is 0 Å². The van der Waals surface area contributed by atoms with E-state index in [1.165, 1.54) is 0 Å². The van der Waals surface area contributed by atoms with Crippen molar-refractivity contribution in [2.75, 3.05) is 5.73 Å². The van der Waals surface area contributed by atoms with Crippen LogP contribution in [0.15, 0.2) is 22.9 Å². The summed E-state index contributed by atoms with van der Waals surface area (Å²) in [4.78, 5) is 4.41. The Labute approximate surface area is 96.4 Å². The van der Waals surface area contributed by atoms with Crippen LogP contribution in [0.3, 0.4) is 0 Å². The fourth-order valence-corrected chi connectivity index (χ4v) is 2.24. The third-order valence-corrected chi connectivity index (χ3v) is 2.78. The number of pyridine rings is 1. The molecule has 80 valence electrons. The highest BCUT2D eigenvalue weighted by atomic mass is 79.9. The van der Waals surface area contributed by atoms with E-state index in [2.05, 4.69) is 20.9 Å². The van der Waals surface area contributed by atoms with Crippen molar-refractivity contribution in [3.63, 3.8) is 0 Å². The summed E-state index contributed by atoms with van der Waals surface area (Å²) in [5, 5.41) is 0. The van der Waals surface area contributed by atoms with Crippen molar-refractivity contribution in [2.45, 2.75) is 19.4 Å². The summed E-state index contributed by atoms with van der Waals surface area (Å²) < 4.78 is 2.75. The van der Waals surface area contributed by atoms with Crippen molar-refractivity contribution < 1.29 is 0 Å². The van der Waals surface area contributed by atoms with E-state index in [0.717, 1.165) is 22.4 Å². The lowest BCUT2D eigenvalue weighted by Crippen LogP contribution is -2.19. The van der Waals surface area contributed by atoms with E-state index in [9.17, 15) is 0 Å². The van der Waals surface area contributed by atoms with Crippen LogP contribution in [0.4, 0.5) is 5.69 Å². The number of rotatable bonds is 2. The molecule has 0 aromatic carbocycles. The van der Waals surface area contributed by atoms with Crippen LogP contribution < -0.4 is 11.5 Å². The van der Waals surface area contributed by atoms with Gasteiger partial charge in [0.1, 0.15) is 15.9 Å². The van der Waals surface area contributed by atoms with E-state index in [0.29, 0.717) is 5.69 Å². The molecule has 2 heterocycles. The second-order valence-electron chi connectivity index (χ2n) is 3.68. The predicted molar refractivity (Wildman–Crippen MR) is 64.7 cm³/mol. The zero-order chi connectivity index (χ0) is 11.0. The number of hydrogen-bond donors (Lipinski definition) is 2. The lowest BCUT2D eigenvalue weighted by molar-refractivity contribution is 0.699. The fraction of sp³-hybridized carbons (Fsp3) is 0.300. The molecule has 0 radical (unpaired) electrons. The van der Waals surface area contributed by atoms with Gasteiger partial charge in [-0.05, 0) is 35.0 Å².